The van der Waals surface area contributed by atoms with Gasteiger partial charge in [-0.3, -0.25) is 14.9 Å². The minimum atomic E-state index is -0.897. The van der Waals surface area contributed by atoms with Crippen molar-refractivity contribution in [3.63, 3.8) is 0 Å². The number of nitrogens with one attached hydrogen (secondary N) is 1. The molecule has 0 aromatic heterocycles. The zero-order chi connectivity index (χ0) is 17.8. The summed E-state index contributed by atoms with van der Waals surface area (Å²) in [5.74, 6) is 0.277. The first-order valence-corrected chi connectivity index (χ1v) is 7.23. The third-order valence-electron chi connectivity index (χ3n) is 3.39. The van der Waals surface area contributed by atoms with Crippen molar-refractivity contribution >= 4 is 17.8 Å². The third-order valence-corrected chi connectivity index (χ3v) is 3.39. The molecule has 3 rings (SSSR count). The number of nitrogens with zero attached hydrogens (tertiary/aromatic N) is 2. The van der Waals surface area contributed by atoms with E-state index in [1.165, 1.54) is 12.1 Å². The molecular weight excluding hydrogens is 330 g/mol. The Kier molecular flexibility index (Phi) is 4.46. The van der Waals surface area contributed by atoms with Gasteiger partial charge >= 0.3 is 0 Å². The summed E-state index contributed by atoms with van der Waals surface area (Å²) in [5, 5.41) is 24.0. The number of phenolic OH excluding ortho intramolecular Hbond substituents is 1. The highest BCUT2D eigenvalue weighted by atomic mass is 16.6. The zero-order valence-corrected chi connectivity index (χ0v) is 12.8. The highest BCUT2D eigenvalue weighted by molar-refractivity contribution is 5.88. The number of rotatable bonds is 4. The number of hydrogen-bond acceptors (Lipinski definition) is 7. The van der Waals surface area contributed by atoms with Crippen LogP contribution in [0.3, 0.4) is 0 Å². The molecule has 9 heteroatoms. The van der Waals surface area contributed by atoms with E-state index in [0.717, 1.165) is 12.3 Å². The van der Waals surface area contributed by atoms with Gasteiger partial charge in [0.1, 0.15) is 12.4 Å². The number of ether oxygens (including phenoxy) is 2. The summed E-state index contributed by atoms with van der Waals surface area (Å²) in [7, 11) is 0. The van der Waals surface area contributed by atoms with E-state index in [1.54, 1.807) is 24.3 Å². The Balaban J connectivity index is 1.66. The molecule has 1 amide bonds. The lowest BCUT2D eigenvalue weighted by molar-refractivity contribution is -0.385. The van der Waals surface area contributed by atoms with Crippen LogP contribution in [0.2, 0.25) is 0 Å². The summed E-state index contributed by atoms with van der Waals surface area (Å²) in [6.45, 7) is 0.0185. The lowest BCUT2D eigenvalue weighted by Crippen LogP contribution is -2.42. The molecule has 2 N–H and O–H groups in total. The molecule has 0 spiro atoms. The molecule has 0 saturated carbocycles. The second kappa shape index (κ2) is 6.87. The molecule has 25 heavy (non-hydrogen) atoms. The van der Waals surface area contributed by atoms with Gasteiger partial charge in [0.2, 0.25) is 6.10 Å². The van der Waals surface area contributed by atoms with Crippen LogP contribution in [0, 0.1) is 10.1 Å². The van der Waals surface area contributed by atoms with Gasteiger partial charge in [-0.1, -0.05) is 12.1 Å². The van der Waals surface area contributed by atoms with Crippen LogP contribution in [0.4, 0.5) is 5.69 Å². The maximum Gasteiger partial charge on any atom is 0.284 e. The van der Waals surface area contributed by atoms with E-state index in [2.05, 4.69) is 10.5 Å². The molecule has 0 radical (unpaired) electrons. The molecule has 128 valence electrons. The number of fused-ring (bicyclic) bond motifs is 1. The van der Waals surface area contributed by atoms with Crippen LogP contribution in [-0.2, 0) is 4.79 Å². The van der Waals surface area contributed by atoms with Crippen molar-refractivity contribution in [2.24, 2.45) is 5.10 Å². The van der Waals surface area contributed by atoms with Crippen LogP contribution in [0.15, 0.2) is 47.6 Å². The fourth-order valence-corrected chi connectivity index (χ4v) is 2.20. The Hall–Kier alpha value is -3.62. The molecule has 1 unspecified atom stereocenters. The molecule has 2 aromatic rings. The number of carbonyl (C=O) groups excluding carboxylic acids is 1. The summed E-state index contributed by atoms with van der Waals surface area (Å²) < 4.78 is 10.9. The quantitative estimate of drug-likeness (QED) is 0.494. The van der Waals surface area contributed by atoms with Gasteiger partial charge in [0.05, 0.1) is 16.7 Å². The van der Waals surface area contributed by atoms with Gasteiger partial charge in [-0.05, 0) is 24.3 Å². The molecule has 1 heterocycles. The Bertz CT molecular complexity index is 852. The Labute approximate surface area is 141 Å². The first-order chi connectivity index (χ1) is 12.0. The number of hydrogen-bond donors (Lipinski definition) is 2. The Morgan fingerprint density at radius 3 is 2.84 bits per heavy atom. The number of hydrazone groups is 1. The van der Waals surface area contributed by atoms with Crippen molar-refractivity contribution < 1.29 is 24.3 Å². The third kappa shape index (κ3) is 3.66. The molecule has 9 nitrogen and oxygen atoms in total. The van der Waals surface area contributed by atoms with Crippen LogP contribution in [0.25, 0.3) is 0 Å². The molecule has 0 bridgehead atoms. The van der Waals surface area contributed by atoms with Crippen LogP contribution >= 0.6 is 0 Å². The Morgan fingerprint density at radius 2 is 2.08 bits per heavy atom. The van der Waals surface area contributed by atoms with Gasteiger partial charge in [0.25, 0.3) is 11.6 Å². The van der Waals surface area contributed by atoms with E-state index in [9.17, 15) is 20.0 Å². The van der Waals surface area contributed by atoms with Crippen molar-refractivity contribution in [3.8, 4) is 17.2 Å². The number of nitro groups is 1. The van der Waals surface area contributed by atoms with Crippen molar-refractivity contribution in [1.82, 2.24) is 5.43 Å². The molecule has 1 aliphatic rings. The summed E-state index contributed by atoms with van der Waals surface area (Å²) in [4.78, 5) is 22.4. The van der Waals surface area contributed by atoms with E-state index >= 15 is 0 Å². The molecule has 0 aliphatic carbocycles. The molecule has 0 saturated heterocycles. The zero-order valence-electron chi connectivity index (χ0n) is 12.8. The van der Waals surface area contributed by atoms with E-state index in [-0.39, 0.29) is 23.6 Å². The predicted octanol–water partition coefficient (Wildman–Crippen LogP) is 1.59. The number of carbonyl (C=O) groups is 1. The number of phenols is 1. The van der Waals surface area contributed by atoms with Crippen LogP contribution in [0.5, 0.6) is 17.2 Å². The first kappa shape index (κ1) is 16.2. The van der Waals surface area contributed by atoms with Gasteiger partial charge in [-0.2, -0.15) is 5.10 Å². The summed E-state index contributed by atoms with van der Waals surface area (Å²) in [6, 6.07) is 10.4. The smallest absolute Gasteiger partial charge is 0.284 e. The SMILES string of the molecule is O=C(N/N=C\c1cc(O)ccc1[N+](=O)[O-])C1COc2ccccc2O1. The van der Waals surface area contributed by atoms with Crippen LogP contribution < -0.4 is 14.9 Å². The molecule has 1 aliphatic heterocycles. The minimum absolute atomic E-state index is 0.0185. The highest BCUT2D eigenvalue weighted by Gasteiger charge is 2.27. The van der Waals surface area contributed by atoms with Crippen molar-refractivity contribution in [2.45, 2.75) is 6.10 Å². The van der Waals surface area contributed by atoms with Crippen molar-refractivity contribution in [1.29, 1.82) is 0 Å². The Morgan fingerprint density at radius 1 is 1.32 bits per heavy atom. The molecule has 2 aromatic carbocycles. The first-order valence-electron chi connectivity index (χ1n) is 7.23. The lowest BCUT2D eigenvalue weighted by atomic mass is 10.2. The standard InChI is InChI=1S/C16H13N3O6/c20-11-5-6-12(19(22)23)10(7-11)8-17-18-16(21)15-9-24-13-3-1-2-4-14(13)25-15/h1-8,15,20H,9H2,(H,18,21)/b17-8-. The summed E-state index contributed by atoms with van der Waals surface area (Å²) >= 11 is 0. The van der Waals surface area contributed by atoms with Gasteiger partial charge in [-0.15, -0.1) is 0 Å². The number of aromatic hydroxyl groups is 1. The van der Waals surface area contributed by atoms with E-state index in [0.29, 0.717) is 11.5 Å². The van der Waals surface area contributed by atoms with Crippen molar-refractivity contribution in [2.75, 3.05) is 6.61 Å². The largest absolute Gasteiger partial charge is 0.508 e. The van der Waals surface area contributed by atoms with Crippen LogP contribution in [-0.4, -0.2) is 34.9 Å². The lowest BCUT2D eigenvalue weighted by Gasteiger charge is -2.24. The van der Waals surface area contributed by atoms with E-state index < -0.39 is 16.9 Å². The van der Waals surface area contributed by atoms with Gasteiger partial charge in [0, 0.05) is 6.07 Å². The number of benzene rings is 2. The number of para-hydroxylation sites is 2. The van der Waals surface area contributed by atoms with Crippen LogP contribution in [0.1, 0.15) is 5.56 Å². The monoisotopic (exact) mass is 343 g/mol. The maximum atomic E-state index is 12.1. The topological polar surface area (TPSA) is 123 Å². The fraction of sp³-hybridized carbons (Fsp3) is 0.125. The van der Waals surface area contributed by atoms with E-state index in [4.69, 9.17) is 9.47 Å². The second-order valence-electron chi connectivity index (χ2n) is 5.10. The number of nitro benzene ring substituents is 1. The molecular formula is C16H13N3O6. The van der Waals surface area contributed by atoms with Gasteiger partial charge < -0.3 is 14.6 Å². The fourth-order valence-electron chi connectivity index (χ4n) is 2.20. The van der Waals surface area contributed by atoms with Crippen molar-refractivity contribution in [3.05, 3.63) is 58.1 Å². The average molecular weight is 343 g/mol. The normalized spacial score (nSPS) is 15.8. The van der Waals surface area contributed by atoms with E-state index in [1.807, 2.05) is 0 Å². The predicted molar refractivity (Wildman–Crippen MR) is 86.9 cm³/mol. The minimum Gasteiger partial charge on any atom is -0.508 e. The average Bonchev–Trinajstić information content (AvgIpc) is 2.61. The van der Waals surface area contributed by atoms with Gasteiger partial charge in [-0.25, -0.2) is 5.43 Å². The highest BCUT2D eigenvalue weighted by Crippen LogP contribution is 2.30. The summed E-state index contributed by atoms with van der Waals surface area (Å²) in [5.41, 5.74) is 2.04. The number of amides is 1. The molecule has 0 fully saturated rings. The maximum absolute atomic E-state index is 12.1. The summed E-state index contributed by atoms with van der Waals surface area (Å²) in [6.07, 6.45) is 0.180. The second-order valence-corrected chi connectivity index (χ2v) is 5.10. The molecule has 1 atom stereocenters. The van der Waals surface area contributed by atoms with Gasteiger partial charge in [0.15, 0.2) is 11.5 Å².